The summed E-state index contributed by atoms with van der Waals surface area (Å²) in [4.78, 5) is 18.2. The largest absolute Gasteiger partial charge is 0.352 e. The highest BCUT2D eigenvalue weighted by molar-refractivity contribution is 14.0. The quantitative estimate of drug-likeness (QED) is 0.297. The monoisotopic (exact) mass is 519 g/mol. The van der Waals surface area contributed by atoms with Crippen molar-refractivity contribution in [2.75, 3.05) is 13.6 Å². The minimum Gasteiger partial charge on any atom is -0.352 e. The number of aliphatic imine (C=N–C) groups is 1. The van der Waals surface area contributed by atoms with E-state index in [1.54, 1.807) is 7.05 Å². The Morgan fingerprint density at radius 1 is 1.07 bits per heavy atom. The van der Waals surface area contributed by atoms with Gasteiger partial charge in [0.2, 0.25) is 5.91 Å². The second kappa shape index (κ2) is 10.4. The number of hydrogen-bond donors (Lipinski definition) is 2. The van der Waals surface area contributed by atoms with E-state index in [1.165, 1.54) is 0 Å². The van der Waals surface area contributed by atoms with Gasteiger partial charge in [-0.05, 0) is 29.7 Å². The van der Waals surface area contributed by atoms with E-state index in [2.05, 4.69) is 38.0 Å². The lowest BCUT2D eigenvalue weighted by molar-refractivity contribution is -0.128. The summed E-state index contributed by atoms with van der Waals surface area (Å²) in [5, 5.41) is 15.0. The van der Waals surface area contributed by atoms with E-state index in [9.17, 15) is 4.79 Å². The van der Waals surface area contributed by atoms with Crippen molar-refractivity contribution in [2.24, 2.45) is 4.99 Å². The molecular weight excluding hydrogens is 493 g/mol. The van der Waals surface area contributed by atoms with Crippen molar-refractivity contribution in [1.82, 2.24) is 30.1 Å². The summed E-state index contributed by atoms with van der Waals surface area (Å²) in [6.45, 7) is 2.64. The fraction of sp³-hybridized carbons (Fsp3) is 0.333. The van der Waals surface area contributed by atoms with Gasteiger partial charge in [0.25, 0.3) is 0 Å². The van der Waals surface area contributed by atoms with Gasteiger partial charge in [0.1, 0.15) is 0 Å². The predicted molar refractivity (Wildman–Crippen MR) is 127 cm³/mol. The molecule has 0 saturated carbocycles. The van der Waals surface area contributed by atoms with Gasteiger partial charge >= 0.3 is 0 Å². The van der Waals surface area contributed by atoms with E-state index in [4.69, 9.17) is 0 Å². The number of carbonyl (C=O) groups is 1. The molecular formula is C21H26IN7O. The molecule has 0 atom stereocenters. The first kappa shape index (κ1) is 22.0. The molecule has 1 saturated heterocycles. The van der Waals surface area contributed by atoms with E-state index in [0.717, 1.165) is 35.6 Å². The highest BCUT2D eigenvalue weighted by Gasteiger charge is 2.20. The van der Waals surface area contributed by atoms with Crippen molar-refractivity contribution >= 4 is 41.5 Å². The number of halogens is 1. The van der Waals surface area contributed by atoms with E-state index < -0.39 is 0 Å². The Balaban J connectivity index is 0.00000256. The molecule has 8 nitrogen and oxygen atoms in total. The Bertz CT molecular complexity index is 1030. The van der Waals surface area contributed by atoms with Crippen LogP contribution in [-0.2, 0) is 24.4 Å². The first-order valence-electron chi connectivity index (χ1n) is 9.82. The van der Waals surface area contributed by atoms with Gasteiger partial charge in [-0.15, -0.1) is 34.2 Å². The molecule has 1 aliphatic heterocycles. The van der Waals surface area contributed by atoms with Crippen LogP contribution in [0.4, 0.5) is 0 Å². The number of pyridine rings is 1. The molecule has 1 fully saturated rings. The maximum Gasteiger partial charge on any atom is 0.222 e. The average Bonchev–Trinajstić information content (AvgIpc) is 3.35. The maximum atomic E-state index is 12.0. The van der Waals surface area contributed by atoms with Gasteiger partial charge in [0.15, 0.2) is 17.4 Å². The summed E-state index contributed by atoms with van der Waals surface area (Å²) in [5.74, 6) is 1.74. The molecule has 0 spiro atoms. The first-order chi connectivity index (χ1) is 14.2. The molecule has 4 rings (SSSR count). The standard InChI is InChI=1S/C21H25N7O.HI/c1-22-21(24-14-19-26-25-18-9-4-5-12-28(18)19)23-13-16-7-2-3-8-17(16)15-27-11-6-10-20(27)29;/h2-5,7-9,12H,6,10-11,13-15H2,1H3,(H2,22,23,24);1H. The van der Waals surface area contributed by atoms with Gasteiger partial charge < -0.3 is 15.5 Å². The molecule has 158 valence electrons. The fourth-order valence-electron chi connectivity index (χ4n) is 3.53. The zero-order chi connectivity index (χ0) is 20.1. The molecule has 9 heteroatoms. The van der Waals surface area contributed by atoms with Crippen LogP contribution in [0, 0.1) is 0 Å². The molecule has 2 N–H and O–H groups in total. The number of hydrogen-bond acceptors (Lipinski definition) is 4. The van der Waals surface area contributed by atoms with Crippen LogP contribution in [0.1, 0.15) is 29.8 Å². The van der Waals surface area contributed by atoms with Crippen molar-refractivity contribution in [3.63, 3.8) is 0 Å². The third kappa shape index (κ3) is 5.07. The number of carbonyl (C=O) groups excluding carboxylic acids is 1. The Kier molecular flexibility index (Phi) is 7.61. The molecule has 3 aromatic rings. The molecule has 0 aliphatic carbocycles. The lowest BCUT2D eigenvalue weighted by Crippen LogP contribution is -2.37. The fourth-order valence-corrected chi connectivity index (χ4v) is 3.53. The van der Waals surface area contributed by atoms with Gasteiger partial charge in [-0.1, -0.05) is 30.3 Å². The van der Waals surface area contributed by atoms with Crippen LogP contribution in [0.3, 0.4) is 0 Å². The third-order valence-corrected chi connectivity index (χ3v) is 5.12. The number of rotatable bonds is 6. The Labute approximate surface area is 192 Å². The molecule has 0 radical (unpaired) electrons. The van der Waals surface area contributed by atoms with Crippen LogP contribution in [0.2, 0.25) is 0 Å². The summed E-state index contributed by atoms with van der Waals surface area (Å²) >= 11 is 0. The highest BCUT2D eigenvalue weighted by Crippen LogP contribution is 2.17. The number of nitrogens with one attached hydrogen (secondary N) is 2. The zero-order valence-electron chi connectivity index (χ0n) is 16.9. The van der Waals surface area contributed by atoms with E-state index in [1.807, 2.05) is 45.8 Å². The first-order valence-corrected chi connectivity index (χ1v) is 9.82. The molecule has 30 heavy (non-hydrogen) atoms. The number of fused-ring (bicyclic) bond motifs is 1. The van der Waals surface area contributed by atoms with Crippen LogP contribution in [0.5, 0.6) is 0 Å². The smallest absolute Gasteiger partial charge is 0.222 e. The number of guanidine groups is 1. The van der Waals surface area contributed by atoms with Crippen molar-refractivity contribution in [3.05, 3.63) is 65.6 Å². The third-order valence-electron chi connectivity index (χ3n) is 5.12. The molecule has 2 aromatic heterocycles. The highest BCUT2D eigenvalue weighted by atomic mass is 127. The average molecular weight is 519 g/mol. The number of nitrogens with zero attached hydrogens (tertiary/aromatic N) is 5. The summed E-state index contributed by atoms with van der Waals surface area (Å²) in [5.41, 5.74) is 3.13. The number of benzene rings is 1. The zero-order valence-corrected chi connectivity index (χ0v) is 19.2. The summed E-state index contributed by atoms with van der Waals surface area (Å²) < 4.78 is 1.95. The second-order valence-corrected chi connectivity index (χ2v) is 7.01. The molecule has 3 heterocycles. The van der Waals surface area contributed by atoms with Gasteiger partial charge in [0, 0.05) is 39.3 Å². The minimum atomic E-state index is 0. The summed E-state index contributed by atoms with van der Waals surface area (Å²) in [7, 11) is 1.74. The van der Waals surface area contributed by atoms with Crippen LogP contribution in [0.25, 0.3) is 5.65 Å². The minimum absolute atomic E-state index is 0. The van der Waals surface area contributed by atoms with Crippen molar-refractivity contribution < 1.29 is 4.79 Å². The van der Waals surface area contributed by atoms with Crippen LogP contribution in [-0.4, -0.2) is 45.0 Å². The van der Waals surface area contributed by atoms with Gasteiger partial charge in [-0.2, -0.15) is 0 Å². The van der Waals surface area contributed by atoms with Gasteiger partial charge in [-0.3, -0.25) is 14.2 Å². The van der Waals surface area contributed by atoms with E-state index in [-0.39, 0.29) is 29.9 Å². The summed E-state index contributed by atoms with van der Waals surface area (Å²) in [6.07, 6.45) is 3.56. The lowest BCUT2D eigenvalue weighted by Gasteiger charge is -2.19. The second-order valence-electron chi connectivity index (χ2n) is 7.01. The maximum absolute atomic E-state index is 12.0. The Hall–Kier alpha value is -2.69. The lowest BCUT2D eigenvalue weighted by atomic mass is 10.1. The Morgan fingerprint density at radius 3 is 2.60 bits per heavy atom. The van der Waals surface area contributed by atoms with Crippen molar-refractivity contribution in [2.45, 2.75) is 32.5 Å². The number of aromatic nitrogens is 3. The molecule has 0 unspecified atom stereocenters. The van der Waals surface area contributed by atoms with Gasteiger partial charge in [-0.25, -0.2) is 0 Å². The molecule has 1 aromatic carbocycles. The van der Waals surface area contributed by atoms with Crippen LogP contribution >= 0.6 is 24.0 Å². The number of likely N-dealkylation sites (tertiary alicyclic amines) is 1. The SMILES string of the molecule is CN=C(NCc1ccccc1CN1CCCC1=O)NCc1nnc2ccccn12.I. The van der Waals surface area contributed by atoms with Crippen LogP contribution in [0.15, 0.2) is 53.7 Å². The van der Waals surface area contributed by atoms with Crippen LogP contribution < -0.4 is 10.6 Å². The normalized spacial score (nSPS) is 14.1. The number of amides is 1. The molecule has 1 amide bonds. The van der Waals surface area contributed by atoms with E-state index >= 15 is 0 Å². The molecule has 1 aliphatic rings. The predicted octanol–water partition coefficient (Wildman–Crippen LogP) is 2.33. The summed E-state index contributed by atoms with van der Waals surface area (Å²) in [6, 6.07) is 14.0. The molecule has 0 bridgehead atoms. The Morgan fingerprint density at radius 2 is 1.83 bits per heavy atom. The van der Waals surface area contributed by atoms with E-state index in [0.29, 0.717) is 32.0 Å². The van der Waals surface area contributed by atoms with Gasteiger partial charge in [0.05, 0.1) is 6.54 Å². The van der Waals surface area contributed by atoms with Crippen molar-refractivity contribution in [3.8, 4) is 0 Å². The topological polar surface area (TPSA) is 86.9 Å². The van der Waals surface area contributed by atoms with Crippen molar-refractivity contribution in [1.29, 1.82) is 0 Å².